The van der Waals surface area contributed by atoms with Crippen molar-refractivity contribution in [1.29, 1.82) is 0 Å². The van der Waals surface area contributed by atoms with E-state index in [4.69, 9.17) is 0 Å². The molecule has 0 aliphatic carbocycles. The molecule has 0 aliphatic heterocycles. The van der Waals surface area contributed by atoms with E-state index in [1.165, 1.54) is 12.3 Å². The average molecular weight is 190 g/mol. The molecule has 0 unspecified atom stereocenters. The molecule has 70 valence electrons. The maximum absolute atomic E-state index is 13.2. The highest BCUT2D eigenvalue weighted by Crippen LogP contribution is 2.17. The van der Waals surface area contributed by atoms with Gasteiger partial charge in [-0.25, -0.2) is 9.37 Å². The lowest BCUT2D eigenvalue weighted by atomic mass is 10.1. The Labute approximate surface area is 79.3 Å². The Hall–Kier alpha value is -1.97. The van der Waals surface area contributed by atoms with E-state index >= 15 is 0 Å². The van der Waals surface area contributed by atoms with E-state index in [9.17, 15) is 9.18 Å². The van der Waals surface area contributed by atoms with Gasteiger partial charge in [0, 0.05) is 11.8 Å². The molecule has 0 aliphatic rings. The maximum Gasteiger partial charge on any atom is 0.266 e. The SMILES string of the molecule is O=c1cnc(-c2ccccc2F)c[nH]1. The van der Waals surface area contributed by atoms with Crippen LogP contribution >= 0.6 is 0 Å². The fraction of sp³-hybridized carbons (Fsp3) is 0. The standard InChI is InChI=1S/C10H7FN2O/c11-8-4-2-1-3-7(8)9-5-13-10(14)6-12-9/h1-6H,(H,13,14). The number of hydrogen-bond acceptors (Lipinski definition) is 2. The molecule has 1 heterocycles. The fourth-order valence-corrected chi connectivity index (χ4v) is 1.16. The van der Waals surface area contributed by atoms with Crippen LogP contribution in [0.2, 0.25) is 0 Å². The summed E-state index contributed by atoms with van der Waals surface area (Å²) >= 11 is 0. The maximum atomic E-state index is 13.2. The predicted octanol–water partition coefficient (Wildman–Crippen LogP) is 1.58. The number of aromatic nitrogens is 2. The molecule has 0 saturated carbocycles. The molecule has 14 heavy (non-hydrogen) atoms. The van der Waals surface area contributed by atoms with Crippen LogP contribution in [0.5, 0.6) is 0 Å². The molecule has 2 aromatic rings. The summed E-state index contributed by atoms with van der Waals surface area (Å²) in [5.74, 6) is -0.355. The Balaban J connectivity index is 2.55. The Morgan fingerprint density at radius 3 is 2.71 bits per heavy atom. The molecule has 0 radical (unpaired) electrons. The molecule has 0 bridgehead atoms. The first kappa shape index (κ1) is 8.62. The first-order valence-corrected chi connectivity index (χ1v) is 4.07. The molecule has 3 nitrogen and oxygen atoms in total. The highest BCUT2D eigenvalue weighted by atomic mass is 19.1. The largest absolute Gasteiger partial charge is 0.326 e. The number of halogens is 1. The van der Waals surface area contributed by atoms with Gasteiger partial charge in [0.2, 0.25) is 0 Å². The molecule has 1 N–H and O–H groups in total. The van der Waals surface area contributed by atoms with E-state index in [1.54, 1.807) is 18.2 Å². The topological polar surface area (TPSA) is 45.8 Å². The minimum atomic E-state index is -0.355. The van der Waals surface area contributed by atoms with Crippen LogP contribution in [0.25, 0.3) is 11.3 Å². The van der Waals surface area contributed by atoms with Crippen LogP contribution in [0.1, 0.15) is 0 Å². The lowest BCUT2D eigenvalue weighted by molar-refractivity contribution is 0.630. The van der Waals surface area contributed by atoms with Gasteiger partial charge in [0.15, 0.2) is 0 Å². The quantitative estimate of drug-likeness (QED) is 0.741. The molecular weight excluding hydrogens is 183 g/mol. The van der Waals surface area contributed by atoms with Crippen molar-refractivity contribution in [3.05, 3.63) is 52.8 Å². The minimum absolute atomic E-state index is 0.301. The number of H-pyrrole nitrogens is 1. The predicted molar refractivity (Wildman–Crippen MR) is 50.3 cm³/mol. The normalized spacial score (nSPS) is 10.1. The number of benzene rings is 1. The zero-order valence-electron chi connectivity index (χ0n) is 7.20. The number of hydrogen-bond donors (Lipinski definition) is 1. The molecule has 0 fully saturated rings. The van der Waals surface area contributed by atoms with Gasteiger partial charge >= 0.3 is 0 Å². The van der Waals surface area contributed by atoms with Crippen molar-refractivity contribution < 1.29 is 4.39 Å². The molecule has 0 spiro atoms. The second-order valence-corrected chi connectivity index (χ2v) is 2.78. The summed E-state index contributed by atoms with van der Waals surface area (Å²) in [4.78, 5) is 17.0. The van der Waals surface area contributed by atoms with Crippen molar-refractivity contribution in [3.63, 3.8) is 0 Å². The highest BCUT2D eigenvalue weighted by Gasteiger charge is 2.04. The van der Waals surface area contributed by atoms with E-state index in [1.807, 2.05) is 0 Å². The van der Waals surface area contributed by atoms with E-state index < -0.39 is 0 Å². The zero-order valence-corrected chi connectivity index (χ0v) is 7.20. The van der Waals surface area contributed by atoms with Gasteiger partial charge in [0.1, 0.15) is 5.82 Å². The second kappa shape index (κ2) is 3.41. The zero-order chi connectivity index (χ0) is 9.97. The monoisotopic (exact) mass is 190 g/mol. The van der Waals surface area contributed by atoms with Gasteiger partial charge < -0.3 is 4.98 Å². The fourth-order valence-electron chi connectivity index (χ4n) is 1.16. The first-order chi connectivity index (χ1) is 6.77. The summed E-state index contributed by atoms with van der Waals surface area (Å²) in [6.07, 6.45) is 2.52. The van der Waals surface area contributed by atoms with Gasteiger partial charge in [-0.15, -0.1) is 0 Å². The van der Waals surface area contributed by atoms with E-state index in [-0.39, 0.29) is 11.4 Å². The van der Waals surface area contributed by atoms with Crippen molar-refractivity contribution in [2.75, 3.05) is 0 Å². The van der Waals surface area contributed by atoms with Crippen LogP contribution in [0.3, 0.4) is 0 Å². The Kier molecular flexibility index (Phi) is 2.10. The van der Waals surface area contributed by atoms with Crippen molar-refractivity contribution in [2.24, 2.45) is 0 Å². The third-order valence-corrected chi connectivity index (χ3v) is 1.82. The summed E-state index contributed by atoms with van der Waals surface area (Å²) < 4.78 is 13.2. The number of aromatic amines is 1. The van der Waals surface area contributed by atoms with Crippen LogP contribution in [-0.4, -0.2) is 9.97 Å². The van der Waals surface area contributed by atoms with Crippen molar-refractivity contribution in [2.45, 2.75) is 0 Å². The highest BCUT2D eigenvalue weighted by molar-refractivity contribution is 5.58. The summed E-state index contributed by atoms with van der Waals surface area (Å²) in [7, 11) is 0. The Bertz CT molecular complexity index is 487. The molecule has 0 saturated heterocycles. The third kappa shape index (κ3) is 1.54. The van der Waals surface area contributed by atoms with Crippen molar-refractivity contribution in [1.82, 2.24) is 9.97 Å². The van der Waals surface area contributed by atoms with Gasteiger partial charge in [0.05, 0.1) is 11.9 Å². The van der Waals surface area contributed by atoms with Crippen molar-refractivity contribution in [3.8, 4) is 11.3 Å². The van der Waals surface area contributed by atoms with Crippen LogP contribution in [0.4, 0.5) is 4.39 Å². The second-order valence-electron chi connectivity index (χ2n) is 2.78. The summed E-state index contributed by atoms with van der Waals surface area (Å²) in [5, 5.41) is 0. The molecule has 1 aromatic heterocycles. The average Bonchev–Trinajstić information content (AvgIpc) is 2.20. The number of nitrogens with zero attached hydrogens (tertiary/aromatic N) is 1. The smallest absolute Gasteiger partial charge is 0.266 e. The van der Waals surface area contributed by atoms with E-state index in [2.05, 4.69) is 9.97 Å². The van der Waals surface area contributed by atoms with Crippen LogP contribution < -0.4 is 5.56 Å². The van der Waals surface area contributed by atoms with Gasteiger partial charge in [0.25, 0.3) is 5.56 Å². The van der Waals surface area contributed by atoms with Gasteiger partial charge in [-0.05, 0) is 12.1 Å². The third-order valence-electron chi connectivity index (χ3n) is 1.82. The van der Waals surface area contributed by atoms with Crippen molar-refractivity contribution >= 4 is 0 Å². The number of rotatable bonds is 1. The number of nitrogens with one attached hydrogen (secondary N) is 1. The Morgan fingerprint density at radius 1 is 1.29 bits per heavy atom. The first-order valence-electron chi connectivity index (χ1n) is 4.07. The molecule has 0 atom stereocenters. The summed E-state index contributed by atoms with van der Waals surface area (Å²) in [5.41, 5.74) is 0.497. The Morgan fingerprint density at radius 2 is 2.07 bits per heavy atom. The van der Waals surface area contributed by atoms with Crippen LogP contribution in [0, 0.1) is 5.82 Å². The molecule has 2 rings (SSSR count). The summed E-state index contributed by atoms with van der Waals surface area (Å²) in [6.45, 7) is 0. The molecule has 1 aromatic carbocycles. The molecular formula is C10H7FN2O. The van der Waals surface area contributed by atoms with Crippen LogP contribution in [0.15, 0.2) is 41.5 Å². The molecule has 4 heteroatoms. The van der Waals surface area contributed by atoms with E-state index in [0.717, 1.165) is 6.20 Å². The van der Waals surface area contributed by atoms with Gasteiger partial charge in [-0.1, -0.05) is 12.1 Å². The van der Waals surface area contributed by atoms with Crippen LogP contribution in [-0.2, 0) is 0 Å². The minimum Gasteiger partial charge on any atom is -0.326 e. The lowest BCUT2D eigenvalue weighted by Crippen LogP contribution is -2.04. The molecule has 0 amide bonds. The lowest BCUT2D eigenvalue weighted by Gasteiger charge is -2.00. The summed E-state index contributed by atoms with van der Waals surface area (Å²) in [6, 6.07) is 6.27. The van der Waals surface area contributed by atoms with E-state index in [0.29, 0.717) is 11.3 Å². The van der Waals surface area contributed by atoms with Gasteiger partial charge in [-0.3, -0.25) is 4.79 Å². The van der Waals surface area contributed by atoms with Gasteiger partial charge in [-0.2, -0.15) is 0 Å².